The summed E-state index contributed by atoms with van der Waals surface area (Å²) in [7, 11) is 3.47. The molecule has 2 aromatic carbocycles. The molecule has 0 radical (unpaired) electrons. The van der Waals surface area contributed by atoms with Crippen LogP contribution in [-0.2, 0) is 35.5 Å². The van der Waals surface area contributed by atoms with Crippen molar-refractivity contribution in [2.75, 3.05) is 27.4 Å². The molecule has 0 aliphatic heterocycles. The Hall–Kier alpha value is -2.04. The van der Waals surface area contributed by atoms with Gasteiger partial charge in [0.2, 0.25) is 0 Å². The maximum Gasteiger partial charge on any atom is 0.130 e. The highest BCUT2D eigenvalue weighted by atomic mass is 16.5. The Morgan fingerprint density at radius 3 is 2.30 bits per heavy atom. The Balaban J connectivity index is 1.67. The second-order valence-electron chi connectivity index (χ2n) is 8.13. The van der Waals surface area contributed by atoms with Crippen LogP contribution in [-0.4, -0.2) is 27.4 Å². The van der Waals surface area contributed by atoms with Crippen molar-refractivity contribution in [2.24, 2.45) is 0 Å². The van der Waals surface area contributed by atoms with Crippen LogP contribution < -0.4 is 9.47 Å². The second-order valence-corrected chi connectivity index (χ2v) is 8.13. The molecule has 0 N–H and O–H groups in total. The second kappa shape index (κ2) is 11.4. The van der Waals surface area contributed by atoms with Crippen molar-refractivity contribution in [3.05, 3.63) is 58.1 Å². The third-order valence-electron chi connectivity index (χ3n) is 6.04. The summed E-state index contributed by atoms with van der Waals surface area (Å²) in [6.45, 7) is 6.54. The number of ether oxygens (including phenoxy) is 4. The van der Waals surface area contributed by atoms with Crippen molar-refractivity contribution in [3.63, 3.8) is 0 Å². The maximum absolute atomic E-state index is 6.26. The molecule has 30 heavy (non-hydrogen) atoms. The van der Waals surface area contributed by atoms with Crippen LogP contribution in [0.2, 0.25) is 0 Å². The van der Waals surface area contributed by atoms with Crippen molar-refractivity contribution in [1.82, 2.24) is 0 Å². The lowest BCUT2D eigenvalue weighted by Crippen LogP contribution is -2.15. The molecule has 0 saturated heterocycles. The Labute approximate surface area is 181 Å². The average Bonchev–Trinajstić information content (AvgIpc) is 2.78. The molecular weight excluding hydrogens is 376 g/mol. The Kier molecular flexibility index (Phi) is 8.59. The topological polar surface area (TPSA) is 36.9 Å². The van der Waals surface area contributed by atoms with Gasteiger partial charge in [-0.15, -0.1) is 0 Å². The van der Waals surface area contributed by atoms with Gasteiger partial charge in [-0.3, -0.25) is 0 Å². The van der Waals surface area contributed by atoms with Gasteiger partial charge in [0.15, 0.2) is 0 Å². The fraction of sp³-hybridized carbons (Fsp3) is 0.538. The lowest BCUT2D eigenvalue weighted by molar-refractivity contribution is 0.163. The largest absolute Gasteiger partial charge is 0.490 e. The van der Waals surface area contributed by atoms with Crippen molar-refractivity contribution >= 4 is 0 Å². The van der Waals surface area contributed by atoms with Crippen LogP contribution in [0.5, 0.6) is 11.5 Å². The van der Waals surface area contributed by atoms with E-state index in [0.29, 0.717) is 32.3 Å². The molecule has 3 rings (SSSR count). The fourth-order valence-corrected chi connectivity index (χ4v) is 4.21. The summed E-state index contributed by atoms with van der Waals surface area (Å²) in [5.74, 6) is 2.37. The molecule has 4 nitrogen and oxygen atoms in total. The lowest BCUT2D eigenvalue weighted by atomic mass is 9.86. The van der Waals surface area contributed by atoms with E-state index >= 15 is 0 Å². The number of benzene rings is 2. The molecule has 1 aliphatic carbocycles. The molecule has 1 aliphatic rings. The minimum Gasteiger partial charge on any atom is -0.490 e. The van der Waals surface area contributed by atoms with Gasteiger partial charge >= 0.3 is 0 Å². The van der Waals surface area contributed by atoms with Crippen LogP contribution >= 0.6 is 0 Å². The summed E-state index contributed by atoms with van der Waals surface area (Å²) in [6, 6.07) is 10.7. The lowest BCUT2D eigenvalue weighted by Gasteiger charge is -2.25. The maximum atomic E-state index is 6.26. The number of hydrogen-bond acceptors (Lipinski definition) is 4. The Morgan fingerprint density at radius 2 is 1.60 bits per heavy atom. The van der Waals surface area contributed by atoms with Gasteiger partial charge in [0.25, 0.3) is 0 Å². The highest BCUT2D eigenvalue weighted by molar-refractivity contribution is 5.51. The zero-order chi connectivity index (χ0) is 21.3. The molecule has 1 unspecified atom stereocenters. The number of methoxy groups -OCH3 is 2. The predicted molar refractivity (Wildman–Crippen MR) is 121 cm³/mol. The third kappa shape index (κ3) is 5.55. The standard InChI is InChI=1S/C26H36O4/c1-5-19(2)20-10-12-23(13-11-20)29-14-15-30-26-22(17-27-3)16-21-8-6-7-9-24(21)25(26)18-28-4/h10-13,16,19H,5-9,14-15,17-18H2,1-4H3. The normalized spacial score (nSPS) is 14.3. The first-order valence-corrected chi connectivity index (χ1v) is 11.2. The van der Waals surface area contributed by atoms with E-state index in [4.69, 9.17) is 18.9 Å². The first kappa shape index (κ1) is 22.6. The summed E-state index contributed by atoms with van der Waals surface area (Å²) >= 11 is 0. The quantitative estimate of drug-likeness (QED) is 0.435. The van der Waals surface area contributed by atoms with Gasteiger partial charge in [0.1, 0.15) is 24.7 Å². The fourth-order valence-electron chi connectivity index (χ4n) is 4.21. The summed E-state index contributed by atoms with van der Waals surface area (Å²) < 4.78 is 23.2. The Morgan fingerprint density at radius 1 is 0.900 bits per heavy atom. The smallest absolute Gasteiger partial charge is 0.130 e. The van der Waals surface area contributed by atoms with Crippen molar-refractivity contribution in [2.45, 2.75) is 65.1 Å². The van der Waals surface area contributed by atoms with Crippen LogP contribution in [0.3, 0.4) is 0 Å². The summed E-state index contributed by atoms with van der Waals surface area (Å²) in [5, 5.41) is 0. The SMILES string of the molecule is CCC(C)c1ccc(OCCOc2c(COC)cc3c(c2COC)CCCC3)cc1. The van der Waals surface area contributed by atoms with E-state index in [2.05, 4.69) is 32.0 Å². The zero-order valence-electron chi connectivity index (χ0n) is 19.0. The van der Waals surface area contributed by atoms with E-state index in [1.54, 1.807) is 14.2 Å². The molecular formula is C26H36O4. The molecule has 0 aromatic heterocycles. The predicted octanol–water partition coefficient (Wildman–Crippen LogP) is 5.83. The van der Waals surface area contributed by atoms with Gasteiger partial charge in [-0.2, -0.15) is 0 Å². The molecule has 164 valence electrons. The van der Waals surface area contributed by atoms with Gasteiger partial charge < -0.3 is 18.9 Å². The van der Waals surface area contributed by atoms with Gasteiger partial charge in [0.05, 0.1) is 13.2 Å². The van der Waals surface area contributed by atoms with Crippen molar-refractivity contribution < 1.29 is 18.9 Å². The van der Waals surface area contributed by atoms with Crippen LogP contribution in [0.25, 0.3) is 0 Å². The van der Waals surface area contributed by atoms with Gasteiger partial charge in [0, 0.05) is 25.3 Å². The van der Waals surface area contributed by atoms with Crippen LogP contribution in [0, 0.1) is 0 Å². The van der Waals surface area contributed by atoms with Crippen LogP contribution in [0.15, 0.2) is 30.3 Å². The molecule has 4 heteroatoms. The first-order chi connectivity index (χ1) is 14.7. The van der Waals surface area contributed by atoms with Crippen molar-refractivity contribution in [1.29, 1.82) is 0 Å². The van der Waals surface area contributed by atoms with Crippen LogP contribution in [0.4, 0.5) is 0 Å². The first-order valence-electron chi connectivity index (χ1n) is 11.2. The summed E-state index contributed by atoms with van der Waals surface area (Å²) in [5.41, 5.74) is 6.45. The number of fused-ring (bicyclic) bond motifs is 1. The number of rotatable bonds is 11. The molecule has 1 atom stereocenters. The molecule has 0 spiro atoms. The van der Waals surface area contributed by atoms with E-state index in [1.165, 1.54) is 35.1 Å². The third-order valence-corrected chi connectivity index (χ3v) is 6.04. The molecule has 0 saturated carbocycles. The molecule has 0 bridgehead atoms. The Bertz CT molecular complexity index is 798. The molecule has 0 fully saturated rings. The number of hydrogen-bond donors (Lipinski definition) is 0. The van der Waals surface area contributed by atoms with E-state index in [0.717, 1.165) is 36.3 Å². The zero-order valence-corrected chi connectivity index (χ0v) is 19.0. The van der Waals surface area contributed by atoms with E-state index < -0.39 is 0 Å². The van der Waals surface area contributed by atoms with Crippen molar-refractivity contribution in [3.8, 4) is 11.5 Å². The minimum absolute atomic E-state index is 0.485. The van der Waals surface area contributed by atoms with Gasteiger partial charge in [-0.05, 0) is 72.9 Å². The highest BCUT2D eigenvalue weighted by Crippen LogP contribution is 2.35. The van der Waals surface area contributed by atoms with Gasteiger partial charge in [-0.1, -0.05) is 26.0 Å². The summed E-state index contributed by atoms with van der Waals surface area (Å²) in [6.07, 6.45) is 5.83. The van der Waals surface area contributed by atoms with E-state index in [-0.39, 0.29) is 0 Å². The van der Waals surface area contributed by atoms with Crippen LogP contribution in [0.1, 0.15) is 66.8 Å². The highest BCUT2D eigenvalue weighted by Gasteiger charge is 2.21. The minimum atomic E-state index is 0.485. The summed E-state index contributed by atoms with van der Waals surface area (Å²) in [4.78, 5) is 0. The molecule has 2 aromatic rings. The van der Waals surface area contributed by atoms with E-state index in [1.807, 2.05) is 12.1 Å². The monoisotopic (exact) mass is 412 g/mol. The van der Waals surface area contributed by atoms with Gasteiger partial charge in [-0.25, -0.2) is 0 Å². The molecule has 0 amide bonds. The average molecular weight is 413 g/mol. The van der Waals surface area contributed by atoms with E-state index in [9.17, 15) is 0 Å². The number of aryl methyl sites for hydroxylation is 1. The molecule has 0 heterocycles.